The zero-order valence-electron chi connectivity index (χ0n) is 13.7. The Morgan fingerprint density at radius 3 is 2.58 bits per heavy atom. The van der Waals surface area contributed by atoms with Crippen LogP contribution in [0.4, 0.5) is 5.69 Å². The van der Waals surface area contributed by atoms with E-state index in [0.29, 0.717) is 11.1 Å². The number of carbonyl (C=O) groups is 2. The van der Waals surface area contributed by atoms with E-state index in [9.17, 15) is 19.7 Å². The molecule has 0 fully saturated rings. The van der Waals surface area contributed by atoms with Gasteiger partial charge in [0, 0.05) is 24.7 Å². The lowest BCUT2D eigenvalue weighted by molar-refractivity contribution is -0.384. The minimum Gasteiger partial charge on any atom is -0.355 e. The minimum atomic E-state index is -0.609. The lowest BCUT2D eigenvalue weighted by Gasteiger charge is -2.04. The molecule has 0 aliphatic rings. The molecule has 0 unspecified atom stereocenters. The Hall–Kier alpha value is -3.37. The topological polar surface area (TPSA) is 101 Å². The highest BCUT2D eigenvalue weighted by molar-refractivity contribution is 6.33. The number of nitro benzene ring substituents is 1. The van der Waals surface area contributed by atoms with E-state index in [4.69, 9.17) is 11.6 Å². The second-order valence-electron chi connectivity index (χ2n) is 5.03. The van der Waals surface area contributed by atoms with E-state index in [1.807, 2.05) is 0 Å². The Morgan fingerprint density at radius 2 is 1.88 bits per heavy atom. The highest BCUT2D eigenvalue weighted by Gasteiger charge is 2.15. The predicted molar refractivity (Wildman–Crippen MR) is 97.1 cm³/mol. The van der Waals surface area contributed by atoms with Gasteiger partial charge in [-0.25, -0.2) is 0 Å². The second kappa shape index (κ2) is 8.65. The third-order valence-electron chi connectivity index (χ3n) is 3.36. The molecule has 0 heterocycles. The Morgan fingerprint density at radius 1 is 1.15 bits per heavy atom. The monoisotopic (exact) mass is 371 g/mol. The van der Waals surface area contributed by atoms with Gasteiger partial charge in [-0.1, -0.05) is 35.6 Å². The van der Waals surface area contributed by atoms with Gasteiger partial charge in [0.1, 0.15) is 0 Å². The minimum absolute atomic E-state index is 0.00609. The van der Waals surface area contributed by atoms with Crippen LogP contribution < -0.4 is 10.6 Å². The smallest absolute Gasteiger partial charge is 0.270 e. The first-order valence-electron chi connectivity index (χ1n) is 7.46. The molecular formula is C18H14ClN3O4. The normalized spacial score (nSPS) is 9.62. The SMILES string of the molecule is CNC(=O)c1ccccc1C#CCNC(=O)c1cc([N+](=O)[O-])ccc1Cl. The Balaban J connectivity index is 2.09. The summed E-state index contributed by atoms with van der Waals surface area (Å²) in [6, 6.07) is 10.4. The fraction of sp³-hybridized carbons (Fsp3) is 0.111. The molecule has 0 saturated carbocycles. The quantitative estimate of drug-likeness (QED) is 0.489. The number of hydrogen-bond donors (Lipinski definition) is 2. The van der Waals surface area contributed by atoms with Crippen molar-refractivity contribution in [2.75, 3.05) is 13.6 Å². The van der Waals surface area contributed by atoms with Gasteiger partial charge in [-0.05, 0) is 18.2 Å². The third kappa shape index (κ3) is 4.59. The van der Waals surface area contributed by atoms with Crippen LogP contribution in [0.1, 0.15) is 26.3 Å². The van der Waals surface area contributed by atoms with Crippen molar-refractivity contribution < 1.29 is 14.5 Å². The van der Waals surface area contributed by atoms with Crippen LogP contribution in [0, 0.1) is 22.0 Å². The molecule has 2 N–H and O–H groups in total. The first-order chi connectivity index (χ1) is 12.4. The molecule has 2 aromatic rings. The lowest BCUT2D eigenvalue weighted by atomic mass is 10.1. The Kier molecular flexibility index (Phi) is 6.31. The van der Waals surface area contributed by atoms with E-state index >= 15 is 0 Å². The lowest BCUT2D eigenvalue weighted by Crippen LogP contribution is -2.24. The zero-order chi connectivity index (χ0) is 19.1. The molecule has 0 aromatic heterocycles. The van der Waals surface area contributed by atoms with E-state index in [1.54, 1.807) is 24.3 Å². The number of nitrogens with zero attached hydrogens (tertiary/aromatic N) is 1. The van der Waals surface area contributed by atoms with Crippen molar-refractivity contribution in [2.45, 2.75) is 0 Å². The van der Waals surface area contributed by atoms with Gasteiger partial charge < -0.3 is 10.6 Å². The highest BCUT2D eigenvalue weighted by Crippen LogP contribution is 2.21. The van der Waals surface area contributed by atoms with Gasteiger partial charge >= 0.3 is 0 Å². The molecule has 0 bridgehead atoms. The molecule has 0 aliphatic heterocycles. The number of non-ortho nitro benzene ring substituents is 1. The number of halogens is 1. The first kappa shape index (κ1) is 19.0. The maximum absolute atomic E-state index is 12.1. The van der Waals surface area contributed by atoms with Crippen molar-refractivity contribution in [3.8, 4) is 11.8 Å². The molecule has 0 spiro atoms. The largest absolute Gasteiger partial charge is 0.355 e. The van der Waals surface area contributed by atoms with Crippen molar-refractivity contribution in [3.63, 3.8) is 0 Å². The molecule has 8 heteroatoms. The molecule has 2 aromatic carbocycles. The molecule has 7 nitrogen and oxygen atoms in total. The van der Waals surface area contributed by atoms with Gasteiger partial charge in [0.2, 0.25) is 0 Å². The molecule has 0 atom stereocenters. The number of carbonyl (C=O) groups excluding carboxylic acids is 2. The maximum atomic E-state index is 12.1. The summed E-state index contributed by atoms with van der Waals surface area (Å²) in [4.78, 5) is 34.1. The summed E-state index contributed by atoms with van der Waals surface area (Å²) in [5.74, 6) is 4.71. The van der Waals surface area contributed by atoms with Crippen LogP contribution in [0.15, 0.2) is 42.5 Å². The Labute approximate surface area is 154 Å². The van der Waals surface area contributed by atoms with E-state index in [-0.39, 0.29) is 28.7 Å². The summed E-state index contributed by atoms with van der Waals surface area (Å²) >= 11 is 5.91. The van der Waals surface area contributed by atoms with Crippen LogP contribution in [0.25, 0.3) is 0 Å². The number of rotatable bonds is 4. The van der Waals surface area contributed by atoms with Crippen LogP contribution in [-0.4, -0.2) is 30.3 Å². The highest BCUT2D eigenvalue weighted by atomic mass is 35.5. The fourth-order valence-corrected chi connectivity index (χ4v) is 2.29. The van der Waals surface area contributed by atoms with Gasteiger partial charge in [-0.3, -0.25) is 19.7 Å². The third-order valence-corrected chi connectivity index (χ3v) is 3.69. The summed E-state index contributed by atoms with van der Waals surface area (Å²) in [5.41, 5.74) is 0.712. The number of hydrogen-bond acceptors (Lipinski definition) is 4. The van der Waals surface area contributed by atoms with Gasteiger partial charge in [0.15, 0.2) is 0 Å². The summed E-state index contributed by atoms with van der Waals surface area (Å²) < 4.78 is 0. The van der Waals surface area contributed by atoms with Gasteiger partial charge in [-0.2, -0.15) is 0 Å². The molecule has 0 aliphatic carbocycles. The Bertz CT molecular complexity index is 932. The molecule has 2 amide bonds. The summed E-state index contributed by atoms with van der Waals surface area (Å²) in [6.07, 6.45) is 0. The van der Waals surface area contributed by atoms with E-state index < -0.39 is 10.8 Å². The van der Waals surface area contributed by atoms with Crippen molar-refractivity contribution in [1.82, 2.24) is 10.6 Å². The second-order valence-corrected chi connectivity index (χ2v) is 5.44. The van der Waals surface area contributed by atoms with Gasteiger partial charge in [0.25, 0.3) is 17.5 Å². The predicted octanol–water partition coefficient (Wildman–Crippen LogP) is 2.39. The molecular weight excluding hydrogens is 358 g/mol. The average molecular weight is 372 g/mol. The van der Waals surface area contributed by atoms with Gasteiger partial charge in [0.05, 0.1) is 27.6 Å². The molecule has 132 valence electrons. The van der Waals surface area contributed by atoms with Crippen LogP contribution in [0.3, 0.4) is 0 Å². The number of nitro groups is 1. The average Bonchev–Trinajstić information content (AvgIpc) is 2.64. The van der Waals surface area contributed by atoms with Crippen molar-refractivity contribution >= 4 is 29.1 Å². The van der Waals surface area contributed by atoms with Crippen LogP contribution in [0.2, 0.25) is 5.02 Å². The van der Waals surface area contributed by atoms with E-state index in [2.05, 4.69) is 22.5 Å². The molecule has 26 heavy (non-hydrogen) atoms. The molecule has 2 rings (SSSR count). The number of amides is 2. The van der Waals surface area contributed by atoms with Crippen LogP contribution in [0.5, 0.6) is 0 Å². The van der Waals surface area contributed by atoms with Crippen molar-refractivity contribution in [3.05, 3.63) is 74.3 Å². The van der Waals surface area contributed by atoms with E-state index in [1.165, 1.54) is 19.2 Å². The molecule has 0 saturated heterocycles. The first-order valence-corrected chi connectivity index (χ1v) is 7.84. The van der Waals surface area contributed by atoms with Crippen molar-refractivity contribution in [2.24, 2.45) is 0 Å². The number of benzene rings is 2. The number of nitrogens with one attached hydrogen (secondary N) is 2. The van der Waals surface area contributed by atoms with Crippen molar-refractivity contribution in [1.29, 1.82) is 0 Å². The zero-order valence-corrected chi connectivity index (χ0v) is 14.5. The summed E-state index contributed by atoms with van der Waals surface area (Å²) in [6.45, 7) is -0.0140. The van der Waals surface area contributed by atoms with Crippen LogP contribution in [-0.2, 0) is 0 Å². The van der Waals surface area contributed by atoms with Crippen LogP contribution >= 0.6 is 11.6 Å². The maximum Gasteiger partial charge on any atom is 0.270 e. The summed E-state index contributed by atoms with van der Waals surface area (Å²) in [7, 11) is 1.52. The summed E-state index contributed by atoms with van der Waals surface area (Å²) in [5, 5.41) is 15.9. The fourth-order valence-electron chi connectivity index (χ4n) is 2.08. The standard InChI is InChI=1S/C18H14ClN3O4/c1-20-17(23)14-7-3-2-5-12(14)6-4-10-21-18(24)15-11-13(22(25)26)8-9-16(15)19/h2-3,5,7-9,11H,10H2,1H3,(H,20,23)(H,21,24). The van der Waals surface area contributed by atoms with Gasteiger partial charge in [-0.15, -0.1) is 0 Å². The molecule has 0 radical (unpaired) electrons. The van der Waals surface area contributed by atoms with E-state index in [0.717, 1.165) is 6.07 Å².